The maximum Gasteiger partial charge on any atom is 0.416 e. The summed E-state index contributed by atoms with van der Waals surface area (Å²) in [7, 11) is 0. The lowest BCUT2D eigenvalue weighted by molar-refractivity contribution is -0.137. The van der Waals surface area contributed by atoms with Crippen molar-refractivity contribution >= 4 is 12.0 Å². The molecule has 40 heavy (non-hydrogen) atoms. The lowest BCUT2D eigenvalue weighted by Gasteiger charge is -2.34. The summed E-state index contributed by atoms with van der Waals surface area (Å²) in [5.41, 5.74) is 2.91. The van der Waals surface area contributed by atoms with Gasteiger partial charge in [-0.1, -0.05) is 12.1 Å². The van der Waals surface area contributed by atoms with E-state index in [1.165, 1.54) is 10.7 Å². The van der Waals surface area contributed by atoms with E-state index in [1.807, 2.05) is 6.07 Å². The second kappa shape index (κ2) is 12.2. The zero-order valence-corrected chi connectivity index (χ0v) is 22.7. The van der Waals surface area contributed by atoms with Crippen molar-refractivity contribution in [2.24, 2.45) is 0 Å². The summed E-state index contributed by atoms with van der Waals surface area (Å²) in [6, 6.07) is 8.30. The molecule has 2 heterocycles. The van der Waals surface area contributed by atoms with Crippen molar-refractivity contribution in [3.05, 3.63) is 98.7 Å². The molecule has 0 bridgehead atoms. The molecule has 2 aromatic heterocycles. The molecule has 0 spiro atoms. The van der Waals surface area contributed by atoms with Gasteiger partial charge in [0, 0.05) is 42.8 Å². The zero-order chi connectivity index (χ0) is 29.7. The quantitative estimate of drug-likeness (QED) is 0.357. The Morgan fingerprint density at radius 2 is 1.80 bits per heavy atom. The maximum atomic E-state index is 13.4. The second-order valence-corrected chi connectivity index (χ2v) is 10.3. The van der Waals surface area contributed by atoms with Crippen molar-refractivity contribution in [3.8, 4) is 0 Å². The molecule has 3 N–H and O–H groups in total. The topological polar surface area (TPSA) is 117 Å². The number of alkyl halides is 3. The van der Waals surface area contributed by atoms with Crippen molar-refractivity contribution in [1.29, 1.82) is 0 Å². The molecule has 0 aliphatic carbocycles. The molecule has 0 aliphatic rings. The number of carboxylic acid groups (broad SMARTS) is 1. The molecule has 0 unspecified atom stereocenters. The first-order valence-corrected chi connectivity index (χ1v) is 12.5. The van der Waals surface area contributed by atoms with Crippen molar-refractivity contribution < 1.29 is 27.9 Å². The average molecular weight is 560 g/mol. The SMILES string of the molecule is Cc1ccn(NCc2cccnc2)c(=O)c1CC(=O)NCc1cc(C(F)(F)F)ccc1CN(C(=O)O)C(C)(C)C. The Balaban J connectivity index is 1.79. The Bertz CT molecular complexity index is 1420. The van der Waals surface area contributed by atoms with Gasteiger partial charge in [-0.25, -0.2) is 9.47 Å². The van der Waals surface area contributed by atoms with Crippen molar-refractivity contribution in [2.75, 3.05) is 5.43 Å². The highest BCUT2D eigenvalue weighted by Crippen LogP contribution is 2.31. The summed E-state index contributed by atoms with van der Waals surface area (Å²) in [4.78, 5) is 42.8. The minimum absolute atomic E-state index is 0.124. The number of hydrogen-bond acceptors (Lipinski definition) is 5. The lowest BCUT2D eigenvalue weighted by atomic mass is 10.00. The van der Waals surface area contributed by atoms with E-state index in [0.29, 0.717) is 17.7 Å². The molecule has 9 nitrogen and oxygen atoms in total. The standard InChI is InChI=1S/C28H32F3N5O4/c1-18-9-11-36(34-15-19-6-5-10-32-14-19)25(38)23(18)13-24(37)33-16-21-12-22(28(29,30)31)8-7-20(21)17-35(26(39)40)27(2,3)4/h5-12,14,34H,13,15-17H2,1-4H3,(H,33,37)(H,39,40). The predicted octanol–water partition coefficient (Wildman–Crippen LogP) is 4.45. The monoisotopic (exact) mass is 559 g/mol. The number of aromatic nitrogens is 2. The van der Waals surface area contributed by atoms with Crippen LogP contribution >= 0.6 is 0 Å². The van der Waals surface area contributed by atoms with Crippen LogP contribution in [0, 0.1) is 6.92 Å². The number of carbonyl (C=O) groups excluding carboxylic acids is 1. The number of carbonyl (C=O) groups is 2. The summed E-state index contributed by atoms with van der Waals surface area (Å²) in [5, 5.41) is 12.2. The summed E-state index contributed by atoms with van der Waals surface area (Å²) < 4.78 is 41.5. The lowest BCUT2D eigenvalue weighted by Crippen LogP contribution is -2.44. The van der Waals surface area contributed by atoms with Gasteiger partial charge in [-0.05, 0) is 74.2 Å². The molecular weight excluding hydrogens is 527 g/mol. The fraction of sp³-hybridized carbons (Fsp3) is 0.357. The number of aryl methyl sites for hydroxylation is 1. The van der Waals surface area contributed by atoms with Crippen LogP contribution < -0.4 is 16.3 Å². The summed E-state index contributed by atoms with van der Waals surface area (Å²) >= 11 is 0. The molecular formula is C28H32F3N5O4. The Kier molecular flexibility index (Phi) is 9.23. The molecule has 214 valence electrons. The number of hydrogen-bond donors (Lipinski definition) is 3. The van der Waals surface area contributed by atoms with Crippen LogP contribution in [0.3, 0.4) is 0 Å². The number of nitrogens with one attached hydrogen (secondary N) is 2. The molecule has 0 atom stereocenters. The molecule has 0 saturated heterocycles. The third-order valence-electron chi connectivity index (χ3n) is 6.32. The zero-order valence-electron chi connectivity index (χ0n) is 22.7. The third-order valence-corrected chi connectivity index (χ3v) is 6.32. The van der Waals surface area contributed by atoms with Crippen LogP contribution in [0.2, 0.25) is 0 Å². The minimum Gasteiger partial charge on any atom is -0.465 e. The first-order valence-electron chi connectivity index (χ1n) is 12.5. The highest BCUT2D eigenvalue weighted by molar-refractivity contribution is 5.78. The van der Waals surface area contributed by atoms with Crippen molar-refractivity contribution in [1.82, 2.24) is 19.9 Å². The van der Waals surface area contributed by atoms with E-state index in [-0.39, 0.29) is 30.6 Å². The largest absolute Gasteiger partial charge is 0.465 e. The number of pyridine rings is 2. The van der Waals surface area contributed by atoms with Gasteiger partial charge in [-0.3, -0.25) is 19.5 Å². The first-order chi connectivity index (χ1) is 18.7. The molecule has 0 saturated carbocycles. The van der Waals surface area contributed by atoms with Gasteiger partial charge in [0.1, 0.15) is 0 Å². The highest BCUT2D eigenvalue weighted by Gasteiger charge is 2.32. The Labute approximate surface area is 229 Å². The van der Waals surface area contributed by atoms with E-state index < -0.39 is 34.8 Å². The van der Waals surface area contributed by atoms with Gasteiger partial charge in [0.05, 0.1) is 18.5 Å². The normalized spacial score (nSPS) is 11.7. The van der Waals surface area contributed by atoms with E-state index in [0.717, 1.165) is 22.6 Å². The van der Waals surface area contributed by atoms with Crippen LogP contribution in [0.4, 0.5) is 18.0 Å². The Hall–Kier alpha value is -4.35. The minimum atomic E-state index is -4.62. The van der Waals surface area contributed by atoms with Crippen LogP contribution in [0.15, 0.2) is 59.8 Å². The molecule has 0 fully saturated rings. The molecule has 12 heteroatoms. The fourth-order valence-electron chi connectivity index (χ4n) is 3.99. The van der Waals surface area contributed by atoms with Crippen LogP contribution in [-0.2, 0) is 37.0 Å². The van der Waals surface area contributed by atoms with Gasteiger partial charge in [0.25, 0.3) is 5.56 Å². The number of nitrogens with zero attached hydrogens (tertiary/aromatic N) is 3. The van der Waals surface area contributed by atoms with Crippen molar-refractivity contribution in [2.45, 2.75) is 65.5 Å². The summed E-state index contributed by atoms with van der Waals surface area (Å²) in [6.07, 6.45) is -1.31. The second-order valence-electron chi connectivity index (χ2n) is 10.3. The molecule has 0 radical (unpaired) electrons. The van der Waals surface area contributed by atoms with Crippen molar-refractivity contribution in [3.63, 3.8) is 0 Å². The maximum absolute atomic E-state index is 13.4. The van der Waals surface area contributed by atoms with Gasteiger partial charge < -0.3 is 15.8 Å². The van der Waals surface area contributed by atoms with Crippen LogP contribution in [-0.4, -0.2) is 37.2 Å². The number of halogens is 3. The summed E-state index contributed by atoms with van der Waals surface area (Å²) in [6.45, 7) is 6.58. The molecule has 1 aromatic carbocycles. The highest BCUT2D eigenvalue weighted by atomic mass is 19.4. The van der Waals surface area contributed by atoms with Crippen LogP contribution in [0.5, 0.6) is 0 Å². The smallest absolute Gasteiger partial charge is 0.416 e. The van der Waals surface area contributed by atoms with Gasteiger partial charge in [-0.15, -0.1) is 0 Å². The number of benzene rings is 1. The van der Waals surface area contributed by atoms with Gasteiger partial charge in [-0.2, -0.15) is 13.2 Å². The fourth-order valence-corrected chi connectivity index (χ4v) is 3.99. The number of rotatable bonds is 9. The molecule has 2 amide bonds. The van der Waals surface area contributed by atoms with E-state index in [9.17, 15) is 32.7 Å². The number of amides is 2. The van der Waals surface area contributed by atoms with Crippen LogP contribution in [0.25, 0.3) is 0 Å². The van der Waals surface area contributed by atoms with E-state index in [1.54, 1.807) is 58.4 Å². The Morgan fingerprint density at radius 3 is 2.40 bits per heavy atom. The van der Waals surface area contributed by atoms with Gasteiger partial charge in [0.2, 0.25) is 5.91 Å². The van der Waals surface area contributed by atoms with E-state index in [2.05, 4.69) is 15.7 Å². The molecule has 3 rings (SSSR count). The molecule has 3 aromatic rings. The van der Waals surface area contributed by atoms with E-state index >= 15 is 0 Å². The average Bonchev–Trinajstić information content (AvgIpc) is 2.87. The van der Waals surface area contributed by atoms with Gasteiger partial charge in [0.15, 0.2) is 0 Å². The summed E-state index contributed by atoms with van der Waals surface area (Å²) in [5.74, 6) is -0.570. The van der Waals surface area contributed by atoms with E-state index in [4.69, 9.17) is 0 Å². The third kappa shape index (κ3) is 7.84. The Morgan fingerprint density at radius 1 is 1.07 bits per heavy atom. The van der Waals surface area contributed by atoms with Gasteiger partial charge >= 0.3 is 12.3 Å². The first kappa shape index (κ1) is 30.2. The predicted molar refractivity (Wildman–Crippen MR) is 143 cm³/mol. The van der Waals surface area contributed by atoms with Crippen LogP contribution in [0.1, 0.15) is 54.2 Å². The molecule has 0 aliphatic heterocycles.